The third-order valence-electron chi connectivity index (χ3n) is 3.33. The Kier molecular flexibility index (Phi) is 1.49. The molecule has 3 nitrogen and oxygen atoms in total. The van der Waals surface area contributed by atoms with Gasteiger partial charge >= 0.3 is 5.97 Å². The predicted molar refractivity (Wildman–Crippen MR) is 44.5 cm³/mol. The van der Waals surface area contributed by atoms with Crippen LogP contribution in [-0.4, -0.2) is 18.6 Å². The molecule has 0 radical (unpaired) electrons. The number of carbonyl (C=O) groups excluding carboxylic acids is 1. The van der Waals surface area contributed by atoms with E-state index in [2.05, 4.69) is 0 Å². The first-order valence-electron chi connectivity index (χ1n) is 4.48. The first-order chi connectivity index (χ1) is 5.60. The standard InChI is InChI=1S/C9H15NO2/c1-12-7(11)8-3-2-4-9(10,5-8)6-8/h2-6,10H2,1H3. The highest BCUT2D eigenvalue weighted by Crippen LogP contribution is 2.57. The van der Waals surface area contributed by atoms with Gasteiger partial charge in [-0.05, 0) is 25.7 Å². The Labute approximate surface area is 72.3 Å². The molecule has 2 N–H and O–H groups in total. The van der Waals surface area contributed by atoms with Crippen LogP contribution in [-0.2, 0) is 9.53 Å². The van der Waals surface area contributed by atoms with Gasteiger partial charge in [-0.2, -0.15) is 0 Å². The fraction of sp³-hybridized carbons (Fsp3) is 0.889. The van der Waals surface area contributed by atoms with Gasteiger partial charge in [-0.25, -0.2) is 0 Å². The van der Waals surface area contributed by atoms with E-state index in [0.717, 1.165) is 32.1 Å². The molecule has 0 spiro atoms. The number of fused-ring (bicyclic) bond motifs is 2. The van der Waals surface area contributed by atoms with Gasteiger partial charge in [0.05, 0.1) is 12.5 Å². The molecule has 3 rings (SSSR count). The Morgan fingerprint density at radius 2 is 2.08 bits per heavy atom. The Bertz CT molecular complexity index is 219. The van der Waals surface area contributed by atoms with Crippen LogP contribution in [0.5, 0.6) is 0 Å². The molecule has 0 aliphatic heterocycles. The molecule has 2 bridgehead atoms. The van der Waals surface area contributed by atoms with Crippen molar-refractivity contribution >= 4 is 5.97 Å². The van der Waals surface area contributed by atoms with E-state index in [9.17, 15) is 4.79 Å². The molecule has 0 aromatic heterocycles. The predicted octanol–water partition coefficient (Wildman–Crippen LogP) is 0.821. The third-order valence-corrected chi connectivity index (χ3v) is 3.33. The highest BCUT2D eigenvalue weighted by molar-refractivity contribution is 5.79. The van der Waals surface area contributed by atoms with E-state index < -0.39 is 0 Å². The zero-order chi connectivity index (χ0) is 8.82. The smallest absolute Gasteiger partial charge is 0.311 e. The van der Waals surface area contributed by atoms with Crippen molar-refractivity contribution in [1.82, 2.24) is 0 Å². The van der Waals surface area contributed by atoms with E-state index in [1.165, 1.54) is 7.11 Å². The lowest BCUT2D eigenvalue weighted by atomic mass is 9.50. The van der Waals surface area contributed by atoms with Crippen LogP contribution >= 0.6 is 0 Å². The highest BCUT2D eigenvalue weighted by Gasteiger charge is 2.59. The molecular weight excluding hydrogens is 154 g/mol. The Morgan fingerprint density at radius 3 is 2.58 bits per heavy atom. The van der Waals surface area contributed by atoms with Crippen molar-refractivity contribution in [3.8, 4) is 0 Å². The SMILES string of the molecule is COC(=O)C12CCCC(N)(C1)C2. The second-order valence-corrected chi connectivity index (χ2v) is 4.34. The number of carbonyl (C=O) groups is 1. The summed E-state index contributed by atoms with van der Waals surface area (Å²) in [6, 6.07) is 0. The second-order valence-electron chi connectivity index (χ2n) is 4.34. The summed E-state index contributed by atoms with van der Waals surface area (Å²) in [7, 11) is 1.46. The number of esters is 1. The second kappa shape index (κ2) is 2.22. The van der Waals surface area contributed by atoms with Crippen LogP contribution in [0, 0.1) is 5.41 Å². The van der Waals surface area contributed by atoms with Gasteiger partial charge < -0.3 is 10.5 Å². The van der Waals surface area contributed by atoms with Gasteiger partial charge in [0.1, 0.15) is 0 Å². The van der Waals surface area contributed by atoms with E-state index in [-0.39, 0.29) is 16.9 Å². The quantitative estimate of drug-likeness (QED) is 0.591. The first-order valence-corrected chi connectivity index (χ1v) is 4.48. The molecule has 3 fully saturated rings. The van der Waals surface area contributed by atoms with Crippen molar-refractivity contribution in [3.63, 3.8) is 0 Å². The van der Waals surface area contributed by atoms with Gasteiger partial charge in [0.25, 0.3) is 0 Å². The summed E-state index contributed by atoms with van der Waals surface area (Å²) in [5.74, 6) is -0.0525. The minimum atomic E-state index is -0.193. The molecule has 0 aromatic carbocycles. The van der Waals surface area contributed by atoms with Crippen LogP contribution in [0.15, 0.2) is 0 Å². The van der Waals surface area contributed by atoms with Crippen molar-refractivity contribution in [1.29, 1.82) is 0 Å². The maximum Gasteiger partial charge on any atom is 0.311 e. The van der Waals surface area contributed by atoms with Crippen LogP contribution in [0.25, 0.3) is 0 Å². The molecule has 0 aromatic rings. The average Bonchev–Trinajstić information content (AvgIpc) is 2.01. The van der Waals surface area contributed by atoms with Crippen LogP contribution in [0.2, 0.25) is 0 Å². The number of rotatable bonds is 1. The normalized spacial score (nSPS) is 44.8. The van der Waals surface area contributed by atoms with Crippen LogP contribution in [0.4, 0.5) is 0 Å². The first kappa shape index (κ1) is 8.05. The van der Waals surface area contributed by atoms with Crippen molar-refractivity contribution in [3.05, 3.63) is 0 Å². The highest BCUT2D eigenvalue weighted by atomic mass is 16.5. The molecule has 12 heavy (non-hydrogen) atoms. The van der Waals surface area contributed by atoms with Crippen molar-refractivity contribution < 1.29 is 9.53 Å². The fourth-order valence-corrected chi connectivity index (χ4v) is 2.89. The lowest BCUT2D eigenvalue weighted by Gasteiger charge is -2.56. The van der Waals surface area contributed by atoms with Gasteiger partial charge in [-0.1, -0.05) is 6.42 Å². The van der Waals surface area contributed by atoms with Crippen molar-refractivity contribution in [2.75, 3.05) is 7.11 Å². The van der Waals surface area contributed by atoms with Gasteiger partial charge in [-0.15, -0.1) is 0 Å². The van der Waals surface area contributed by atoms with E-state index in [4.69, 9.17) is 10.5 Å². The zero-order valence-corrected chi connectivity index (χ0v) is 7.43. The average molecular weight is 169 g/mol. The Balaban J connectivity index is 2.11. The van der Waals surface area contributed by atoms with E-state index in [1.807, 2.05) is 0 Å². The number of nitrogens with two attached hydrogens (primary N) is 1. The van der Waals surface area contributed by atoms with Gasteiger partial charge in [0.2, 0.25) is 0 Å². The summed E-state index contributed by atoms with van der Waals surface area (Å²) >= 11 is 0. The largest absolute Gasteiger partial charge is 0.469 e. The van der Waals surface area contributed by atoms with E-state index in [1.54, 1.807) is 0 Å². The fourth-order valence-electron chi connectivity index (χ4n) is 2.89. The molecule has 0 heterocycles. The molecule has 0 unspecified atom stereocenters. The summed E-state index contributed by atoms with van der Waals surface area (Å²) in [5.41, 5.74) is 5.79. The van der Waals surface area contributed by atoms with Crippen LogP contribution < -0.4 is 5.73 Å². The third kappa shape index (κ3) is 0.891. The summed E-state index contributed by atoms with van der Waals surface area (Å²) in [5, 5.41) is 0. The topological polar surface area (TPSA) is 52.3 Å². The lowest BCUT2D eigenvalue weighted by Crippen LogP contribution is -2.64. The van der Waals surface area contributed by atoms with Crippen molar-refractivity contribution in [2.24, 2.45) is 11.1 Å². The van der Waals surface area contributed by atoms with Gasteiger partial charge in [0.15, 0.2) is 0 Å². The molecule has 3 heteroatoms. The number of hydrogen-bond donors (Lipinski definition) is 1. The zero-order valence-electron chi connectivity index (χ0n) is 7.43. The molecule has 3 aliphatic rings. The maximum atomic E-state index is 11.4. The number of methoxy groups -OCH3 is 1. The summed E-state index contributed by atoms with van der Waals surface area (Å²) in [6.45, 7) is 0. The van der Waals surface area contributed by atoms with Crippen LogP contribution in [0.3, 0.4) is 0 Å². The monoisotopic (exact) mass is 169 g/mol. The Morgan fingerprint density at radius 1 is 1.42 bits per heavy atom. The summed E-state index contributed by atoms with van der Waals surface area (Å²) < 4.78 is 4.78. The molecule has 3 aliphatic carbocycles. The minimum Gasteiger partial charge on any atom is -0.469 e. The van der Waals surface area contributed by atoms with E-state index in [0.29, 0.717) is 0 Å². The molecule has 0 atom stereocenters. The molecule has 3 saturated carbocycles. The lowest BCUT2D eigenvalue weighted by molar-refractivity contribution is -0.169. The summed E-state index contributed by atoms with van der Waals surface area (Å²) in [4.78, 5) is 11.4. The van der Waals surface area contributed by atoms with Crippen molar-refractivity contribution in [2.45, 2.75) is 37.6 Å². The van der Waals surface area contributed by atoms with Crippen LogP contribution in [0.1, 0.15) is 32.1 Å². The Hall–Kier alpha value is -0.570. The molecule has 0 saturated heterocycles. The number of ether oxygens (including phenoxy) is 1. The van der Waals surface area contributed by atoms with Gasteiger partial charge in [-0.3, -0.25) is 4.79 Å². The van der Waals surface area contributed by atoms with Gasteiger partial charge in [0, 0.05) is 5.54 Å². The molecule has 68 valence electrons. The maximum absolute atomic E-state index is 11.4. The molecular formula is C9H15NO2. The van der Waals surface area contributed by atoms with E-state index >= 15 is 0 Å². The minimum absolute atomic E-state index is 0.0353. The number of hydrogen-bond acceptors (Lipinski definition) is 3. The molecule has 0 amide bonds. The summed E-state index contributed by atoms with van der Waals surface area (Å²) in [6.07, 6.45) is 4.80.